The van der Waals surface area contributed by atoms with Crippen molar-refractivity contribution in [3.8, 4) is 11.5 Å². The van der Waals surface area contributed by atoms with Gasteiger partial charge >= 0.3 is 0 Å². The van der Waals surface area contributed by atoms with E-state index in [-0.39, 0.29) is 18.0 Å². The average Bonchev–Trinajstić information content (AvgIpc) is 2.75. The molecule has 3 rings (SSSR count). The van der Waals surface area contributed by atoms with E-state index >= 15 is 0 Å². The molecule has 1 amide bonds. The van der Waals surface area contributed by atoms with Crippen LogP contribution in [0.4, 0.5) is 0 Å². The van der Waals surface area contributed by atoms with Gasteiger partial charge in [0.15, 0.2) is 11.5 Å². The summed E-state index contributed by atoms with van der Waals surface area (Å²) in [4.78, 5) is 17.3. The van der Waals surface area contributed by atoms with Crippen LogP contribution in [0, 0.1) is 0 Å². The fraction of sp³-hybridized carbons (Fsp3) is 0.375. The Kier molecular flexibility index (Phi) is 8.03. The second kappa shape index (κ2) is 10.5. The number of hydrogen-bond acceptors (Lipinski definition) is 4. The maximum absolute atomic E-state index is 12.9. The van der Waals surface area contributed by atoms with Crippen LogP contribution in [0.5, 0.6) is 11.5 Å². The number of carbonyl (C=O) groups is 1. The molecule has 1 heterocycles. The van der Waals surface area contributed by atoms with Gasteiger partial charge in [0.05, 0.1) is 18.7 Å². The van der Waals surface area contributed by atoms with Crippen molar-refractivity contribution in [3.63, 3.8) is 0 Å². The molecule has 0 N–H and O–H groups in total. The van der Waals surface area contributed by atoms with Crippen LogP contribution in [0.25, 0.3) is 6.08 Å². The van der Waals surface area contributed by atoms with E-state index in [1.54, 1.807) is 20.3 Å². The minimum Gasteiger partial charge on any atom is -0.493 e. The first-order valence-corrected chi connectivity index (χ1v) is 11.4. The van der Waals surface area contributed by atoms with E-state index in [1.807, 2.05) is 35.2 Å². The summed E-state index contributed by atoms with van der Waals surface area (Å²) in [5.74, 6) is 1.25. The van der Waals surface area contributed by atoms with Gasteiger partial charge in [0, 0.05) is 42.8 Å². The number of benzene rings is 2. The maximum atomic E-state index is 12.9. The molecule has 0 bridgehead atoms. The molecule has 0 aliphatic carbocycles. The second-order valence-corrected chi connectivity index (χ2v) is 9.11. The first-order chi connectivity index (χ1) is 14.8. The summed E-state index contributed by atoms with van der Waals surface area (Å²) in [6.07, 6.45) is 3.44. The number of piperazine rings is 1. The van der Waals surface area contributed by atoms with Gasteiger partial charge in [0.2, 0.25) is 5.91 Å². The van der Waals surface area contributed by atoms with Crippen LogP contribution < -0.4 is 9.47 Å². The fourth-order valence-electron chi connectivity index (χ4n) is 3.85. The largest absolute Gasteiger partial charge is 0.493 e. The number of ether oxygens (including phenoxy) is 2. The maximum Gasteiger partial charge on any atom is 0.246 e. The molecule has 1 saturated heterocycles. The first kappa shape index (κ1) is 23.6. The smallest absolute Gasteiger partial charge is 0.246 e. The van der Waals surface area contributed by atoms with Gasteiger partial charge in [0.1, 0.15) is 0 Å². The summed E-state index contributed by atoms with van der Waals surface area (Å²) in [5.41, 5.74) is 2.09. The predicted molar refractivity (Wildman–Crippen MR) is 129 cm³/mol. The van der Waals surface area contributed by atoms with E-state index in [1.165, 1.54) is 5.56 Å². The van der Waals surface area contributed by atoms with Gasteiger partial charge in [-0.25, -0.2) is 0 Å². The molecule has 0 saturated carbocycles. The lowest BCUT2D eigenvalue weighted by molar-refractivity contribution is -0.131. The second-order valence-electron chi connectivity index (χ2n) is 7.82. The van der Waals surface area contributed by atoms with Crippen LogP contribution in [0.1, 0.15) is 25.0 Å². The van der Waals surface area contributed by atoms with Crippen molar-refractivity contribution >= 4 is 39.5 Å². The van der Waals surface area contributed by atoms with Crippen molar-refractivity contribution < 1.29 is 14.3 Å². The average molecular weight is 508 g/mol. The lowest BCUT2D eigenvalue weighted by Crippen LogP contribution is -2.57. The van der Waals surface area contributed by atoms with Crippen molar-refractivity contribution in [2.24, 2.45) is 0 Å². The molecule has 2 unspecified atom stereocenters. The van der Waals surface area contributed by atoms with Crippen LogP contribution in [0.3, 0.4) is 0 Å². The lowest BCUT2D eigenvalue weighted by Gasteiger charge is -2.44. The van der Waals surface area contributed by atoms with Crippen molar-refractivity contribution in [2.45, 2.75) is 32.5 Å². The summed E-state index contributed by atoms with van der Waals surface area (Å²) in [6.45, 7) is 6.62. The van der Waals surface area contributed by atoms with Gasteiger partial charge < -0.3 is 14.4 Å². The summed E-state index contributed by atoms with van der Waals surface area (Å²) in [5, 5.41) is 0.744. The topological polar surface area (TPSA) is 42.0 Å². The normalized spacial score (nSPS) is 19.6. The van der Waals surface area contributed by atoms with E-state index in [0.717, 1.165) is 28.1 Å². The third-order valence-electron chi connectivity index (χ3n) is 5.57. The van der Waals surface area contributed by atoms with Crippen molar-refractivity contribution in [3.05, 3.63) is 63.1 Å². The molecule has 2 atom stereocenters. The highest BCUT2D eigenvalue weighted by Gasteiger charge is 2.31. The number of methoxy groups -OCH3 is 2. The number of amides is 1. The summed E-state index contributed by atoms with van der Waals surface area (Å²) >= 11 is 9.49. The molecule has 5 nitrogen and oxygen atoms in total. The molecular formula is C24H28BrClN2O3. The van der Waals surface area contributed by atoms with Crippen LogP contribution in [-0.2, 0) is 11.3 Å². The van der Waals surface area contributed by atoms with Crippen LogP contribution >= 0.6 is 27.5 Å². The van der Waals surface area contributed by atoms with E-state index in [4.69, 9.17) is 21.1 Å². The van der Waals surface area contributed by atoms with Crippen molar-refractivity contribution in [2.75, 3.05) is 27.3 Å². The Morgan fingerprint density at radius 3 is 2.48 bits per heavy atom. The minimum atomic E-state index is 0.0106. The van der Waals surface area contributed by atoms with E-state index < -0.39 is 0 Å². The Morgan fingerprint density at radius 1 is 1.13 bits per heavy atom. The molecule has 31 heavy (non-hydrogen) atoms. The zero-order chi connectivity index (χ0) is 22.5. The highest BCUT2D eigenvalue weighted by molar-refractivity contribution is 9.10. The molecule has 2 aromatic rings. The standard InChI is InChI=1S/C24H28BrClN2O3/c1-16-14-28(17(2)13-27(16)15-18-5-8-20(26)9-6-18)23(29)10-7-19-11-21(25)24(31-4)22(12-19)30-3/h5-12,16-17H,13-15H2,1-4H3. The Morgan fingerprint density at radius 2 is 1.84 bits per heavy atom. The number of hydrogen-bond donors (Lipinski definition) is 0. The van der Waals surface area contributed by atoms with Crippen molar-refractivity contribution in [1.29, 1.82) is 0 Å². The SMILES string of the molecule is COc1cc(C=CC(=O)N2CC(C)N(Cc3ccc(Cl)cc3)CC2C)cc(Br)c1OC. The van der Waals surface area contributed by atoms with Crippen LogP contribution in [0.15, 0.2) is 46.9 Å². The number of halogens is 2. The molecule has 2 aromatic carbocycles. The molecule has 1 aliphatic rings. The van der Waals surface area contributed by atoms with Gasteiger partial charge in [-0.3, -0.25) is 9.69 Å². The van der Waals surface area contributed by atoms with Crippen LogP contribution in [-0.4, -0.2) is 55.1 Å². The molecule has 0 aromatic heterocycles. The molecule has 7 heteroatoms. The number of carbonyl (C=O) groups excluding carboxylic acids is 1. The predicted octanol–water partition coefficient (Wildman–Crippen LogP) is 5.25. The third kappa shape index (κ3) is 5.82. The first-order valence-electron chi connectivity index (χ1n) is 10.2. The minimum absolute atomic E-state index is 0.0106. The molecular weight excluding hydrogens is 480 g/mol. The van der Waals surface area contributed by atoms with E-state index in [2.05, 4.69) is 46.8 Å². The Hall–Kier alpha value is -2.02. The monoisotopic (exact) mass is 506 g/mol. The van der Waals surface area contributed by atoms with Gasteiger partial charge in [-0.1, -0.05) is 23.7 Å². The number of nitrogens with zero attached hydrogens (tertiary/aromatic N) is 2. The molecule has 166 valence electrons. The zero-order valence-corrected chi connectivity index (χ0v) is 20.6. The van der Waals surface area contributed by atoms with Crippen molar-refractivity contribution in [1.82, 2.24) is 9.80 Å². The van der Waals surface area contributed by atoms with Gasteiger partial charge in [-0.05, 0) is 71.2 Å². The zero-order valence-electron chi connectivity index (χ0n) is 18.3. The number of rotatable bonds is 6. The summed E-state index contributed by atoms with van der Waals surface area (Å²) in [7, 11) is 3.19. The molecule has 0 spiro atoms. The quantitative estimate of drug-likeness (QED) is 0.501. The van der Waals surface area contributed by atoms with Gasteiger partial charge in [0.25, 0.3) is 0 Å². The Labute approximate surface area is 197 Å². The van der Waals surface area contributed by atoms with Gasteiger partial charge in [-0.15, -0.1) is 0 Å². The highest BCUT2D eigenvalue weighted by atomic mass is 79.9. The lowest BCUT2D eigenvalue weighted by atomic mass is 10.1. The highest BCUT2D eigenvalue weighted by Crippen LogP contribution is 2.36. The molecule has 0 radical (unpaired) electrons. The molecule has 1 fully saturated rings. The fourth-order valence-corrected chi connectivity index (χ4v) is 4.59. The van der Waals surface area contributed by atoms with E-state index in [0.29, 0.717) is 18.0 Å². The summed E-state index contributed by atoms with van der Waals surface area (Å²) in [6, 6.07) is 12.1. The van der Waals surface area contributed by atoms with Crippen LogP contribution in [0.2, 0.25) is 5.02 Å². The van der Waals surface area contributed by atoms with Gasteiger partial charge in [-0.2, -0.15) is 0 Å². The molecule has 1 aliphatic heterocycles. The van der Waals surface area contributed by atoms with E-state index in [9.17, 15) is 4.79 Å². The third-order valence-corrected chi connectivity index (χ3v) is 6.41. The summed E-state index contributed by atoms with van der Waals surface area (Å²) < 4.78 is 11.5. The Bertz CT molecular complexity index is 949. The Balaban J connectivity index is 1.66.